The first-order valence-electron chi connectivity index (χ1n) is 6.83. The molecule has 0 aromatic carbocycles. The summed E-state index contributed by atoms with van der Waals surface area (Å²) in [6.45, 7) is 4.00. The van der Waals surface area contributed by atoms with E-state index < -0.39 is 0 Å². The molecule has 4 aromatic heterocycles. The fourth-order valence-corrected chi connectivity index (χ4v) is 3.32. The van der Waals surface area contributed by atoms with Gasteiger partial charge >= 0.3 is 0 Å². The summed E-state index contributed by atoms with van der Waals surface area (Å²) >= 11 is 4.97. The van der Waals surface area contributed by atoms with E-state index in [1.807, 2.05) is 24.7 Å². The predicted octanol–water partition coefficient (Wildman–Crippen LogP) is 2.52. The first-order valence-corrected chi connectivity index (χ1v) is 8.44. The summed E-state index contributed by atoms with van der Waals surface area (Å²) in [5, 5.41) is 18.3. The summed E-state index contributed by atoms with van der Waals surface area (Å²) in [4.78, 5) is 9.03. The van der Waals surface area contributed by atoms with Crippen LogP contribution >= 0.6 is 27.3 Å². The van der Waals surface area contributed by atoms with Crippen LogP contribution in [0.3, 0.4) is 0 Å². The van der Waals surface area contributed by atoms with Crippen molar-refractivity contribution in [2.24, 2.45) is 0 Å². The number of hydrogen-bond acceptors (Lipinski definition) is 7. The molecule has 0 bridgehead atoms. The number of halogens is 1. The molecule has 0 spiro atoms. The zero-order chi connectivity index (χ0) is 16.0. The van der Waals surface area contributed by atoms with E-state index >= 15 is 0 Å². The van der Waals surface area contributed by atoms with Crippen molar-refractivity contribution in [3.63, 3.8) is 0 Å². The van der Waals surface area contributed by atoms with E-state index in [-0.39, 0.29) is 6.04 Å². The van der Waals surface area contributed by atoms with Gasteiger partial charge in [-0.1, -0.05) is 11.3 Å². The highest BCUT2D eigenvalue weighted by molar-refractivity contribution is 9.10. The Morgan fingerprint density at radius 3 is 2.78 bits per heavy atom. The van der Waals surface area contributed by atoms with Crippen molar-refractivity contribution in [1.82, 2.24) is 39.6 Å². The van der Waals surface area contributed by atoms with Crippen LogP contribution in [0.1, 0.15) is 23.7 Å². The predicted molar refractivity (Wildman–Crippen MR) is 88.2 cm³/mol. The molecule has 0 aliphatic carbocycles. The van der Waals surface area contributed by atoms with Crippen LogP contribution < -0.4 is 0 Å². The number of aryl methyl sites for hydroxylation is 1. The lowest BCUT2D eigenvalue weighted by Gasteiger charge is -2.07. The SMILES string of the molecule is Cc1nn(C(C)c2nn3c(-c4cnccn4)nnc3s2)cc1Br. The van der Waals surface area contributed by atoms with Crippen molar-refractivity contribution in [1.29, 1.82) is 0 Å². The van der Waals surface area contributed by atoms with E-state index in [0.29, 0.717) is 11.5 Å². The van der Waals surface area contributed by atoms with Gasteiger partial charge in [-0.05, 0) is 29.8 Å². The van der Waals surface area contributed by atoms with Crippen molar-refractivity contribution < 1.29 is 0 Å². The normalized spacial score (nSPS) is 12.8. The first-order chi connectivity index (χ1) is 11.1. The van der Waals surface area contributed by atoms with E-state index in [0.717, 1.165) is 20.1 Å². The summed E-state index contributed by atoms with van der Waals surface area (Å²) in [7, 11) is 0. The molecule has 23 heavy (non-hydrogen) atoms. The maximum atomic E-state index is 4.63. The molecule has 8 nitrogen and oxygen atoms in total. The molecule has 0 amide bonds. The molecule has 0 aliphatic rings. The second-order valence-corrected chi connectivity index (χ2v) is 6.81. The molecule has 0 saturated heterocycles. The maximum absolute atomic E-state index is 4.63. The minimum atomic E-state index is 0.00130. The molecule has 0 fully saturated rings. The second kappa shape index (κ2) is 5.46. The van der Waals surface area contributed by atoms with Crippen LogP contribution in [0.2, 0.25) is 0 Å². The van der Waals surface area contributed by atoms with Gasteiger partial charge in [0.05, 0.1) is 16.4 Å². The molecule has 0 aliphatic heterocycles. The minimum Gasteiger partial charge on any atom is -0.262 e. The fourth-order valence-electron chi connectivity index (χ4n) is 2.15. The molecule has 0 saturated carbocycles. The van der Waals surface area contributed by atoms with E-state index in [9.17, 15) is 0 Å². The van der Waals surface area contributed by atoms with Gasteiger partial charge in [0.15, 0.2) is 0 Å². The van der Waals surface area contributed by atoms with Crippen LogP contribution in [0.4, 0.5) is 0 Å². The third-order valence-corrected chi connectivity index (χ3v) is 5.26. The van der Waals surface area contributed by atoms with Crippen LogP contribution in [0.5, 0.6) is 0 Å². The van der Waals surface area contributed by atoms with E-state index in [1.165, 1.54) is 11.3 Å². The van der Waals surface area contributed by atoms with Crippen molar-refractivity contribution in [3.8, 4) is 11.5 Å². The van der Waals surface area contributed by atoms with Gasteiger partial charge in [-0.3, -0.25) is 9.67 Å². The van der Waals surface area contributed by atoms with Crippen LogP contribution in [0.25, 0.3) is 16.5 Å². The van der Waals surface area contributed by atoms with Gasteiger partial charge in [-0.15, -0.1) is 10.2 Å². The van der Waals surface area contributed by atoms with Crippen molar-refractivity contribution in [2.75, 3.05) is 0 Å². The Morgan fingerprint density at radius 2 is 2.09 bits per heavy atom. The van der Waals surface area contributed by atoms with Crippen molar-refractivity contribution >= 4 is 32.2 Å². The van der Waals surface area contributed by atoms with Gasteiger partial charge in [-0.25, -0.2) is 4.98 Å². The third-order valence-electron chi connectivity index (χ3n) is 3.41. The molecule has 4 aromatic rings. The monoisotopic (exact) mass is 390 g/mol. The van der Waals surface area contributed by atoms with Crippen LogP contribution in [0, 0.1) is 6.92 Å². The topological polar surface area (TPSA) is 86.7 Å². The lowest BCUT2D eigenvalue weighted by molar-refractivity contribution is 0.551. The Hall–Kier alpha value is -2.20. The number of rotatable bonds is 3. The Labute approximate surface area is 143 Å². The highest BCUT2D eigenvalue weighted by Crippen LogP contribution is 2.27. The summed E-state index contributed by atoms with van der Waals surface area (Å²) in [6.07, 6.45) is 6.84. The van der Waals surface area contributed by atoms with Gasteiger partial charge in [0.25, 0.3) is 0 Å². The first kappa shape index (κ1) is 14.4. The lowest BCUT2D eigenvalue weighted by Crippen LogP contribution is -2.08. The van der Waals surface area contributed by atoms with E-state index in [2.05, 4.69) is 46.3 Å². The largest absolute Gasteiger partial charge is 0.262 e. The Morgan fingerprint density at radius 1 is 1.22 bits per heavy atom. The molecule has 116 valence electrons. The van der Waals surface area contributed by atoms with Gasteiger partial charge in [-0.2, -0.15) is 14.7 Å². The van der Waals surface area contributed by atoms with Gasteiger partial charge < -0.3 is 0 Å². The molecule has 1 unspecified atom stereocenters. The Bertz CT molecular complexity index is 953. The summed E-state index contributed by atoms with van der Waals surface area (Å²) in [6, 6.07) is 0.00130. The lowest BCUT2D eigenvalue weighted by atomic mass is 10.4. The molecule has 4 rings (SSSR count). The number of nitrogens with zero attached hydrogens (tertiary/aromatic N) is 8. The minimum absolute atomic E-state index is 0.00130. The maximum Gasteiger partial charge on any atom is 0.235 e. The average Bonchev–Trinajstić information content (AvgIpc) is 3.22. The standard InChI is InChI=1S/C13H11BrN8S/c1-7-9(14)6-21(19-7)8(2)12-20-22-11(17-18-13(22)23-12)10-5-15-3-4-16-10/h3-6,8H,1-2H3. The molecule has 0 radical (unpaired) electrons. The average molecular weight is 391 g/mol. The zero-order valence-electron chi connectivity index (χ0n) is 12.3. The van der Waals surface area contributed by atoms with Gasteiger partial charge in [0.2, 0.25) is 10.8 Å². The second-order valence-electron chi connectivity index (χ2n) is 4.97. The number of fused-ring (bicyclic) bond motifs is 1. The molecule has 1 atom stereocenters. The highest BCUT2D eigenvalue weighted by atomic mass is 79.9. The smallest absolute Gasteiger partial charge is 0.235 e. The molecular formula is C13H11BrN8S. The van der Waals surface area contributed by atoms with Gasteiger partial charge in [0, 0.05) is 18.6 Å². The number of hydrogen-bond donors (Lipinski definition) is 0. The summed E-state index contributed by atoms with van der Waals surface area (Å²) in [5.74, 6) is 0.584. The van der Waals surface area contributed by atoms with Crippen molar-refractivity contribution in [3.05, 3.63) is 40.0 Å². The summed E-state index contributed by atoms with van der Waals surface area (Å²) < 4.78 is 4.56. The molecular weight excluding hydrogens is 380 g/mol. The van der Waals surface area contributed by atoms with Crippen LogP contribution in [-0.2, 0) is 0 Å². The fraction of sp³-hybridized carbons (Fsp3) is 0.231. The third kappa shape index (κ3) is 2.43. The van der Waals surface area contributed by atoms with E-state index in [1.54, 1.807) is 23.1 Å². The molecule has 0 N–H and O–H groups in total. The zero-order valence-corrected chi connectivity index (χ0v) is 14.7. The Kier molecular flexibility index (Phi) is 3.42. The van der Waals surface area contributed by atoms with Crippen molar-refractivity contribution in [2.45, 2.75) is 19.9 Å². The van der Waals surface area contributed by atoms with E-state index in [4.69, 9.17) is 0 Å². The van der Waals surface area contributed by atoms with Gasteiger partial charge in [0.1, 0.15) is 16.7 Å². The van der Waals surface area contributed by atoms with Crippen LogP contribution in [-0.4, -0.2) is 39.6 Å². The summed E-state index contributed by atoms with van der Waals surface area (Å²) in [5.41, 5.74) is 1.59. The molecule has 4 heterocycles. The Balaban J connectivity index is 1.76. The number of aromatic nitrogens is 8. The quantitative estimate of drug-likeness (QED) is 0.534. The molecule has 10 heteroatoms. The van der Waals surface area contributed by atoms with Crippen LogP contribution in [0.15, 0.2) is 29.3 Å². The highest BCUT2D eigenvalue weighted by Gasteiger charge is 2.19.